The Bertz CT molecular complexity index is 841. The summed E-state index contributed by atoms with van der Waals surface area (Å²) in [5.74, 6) is -0.701. The Morgan fingerprint density at radius 1 is 0.964 bits per heavy atom. The Kier molecular flexibility index (Phi) is 8.30. The van der Waals surface area contributed by atoms with Gasteiger partial charge in [0.2, 0.25) is 5.91 Å². The predicted octanol–water partition coefficient (Wildman–Crippen LogP) is 3.64. The third-order valence-electron chi connectivity index (χ3n) is 3.64. The summed E-state index contributed by atoms with van der Waals surface area (Å²) in [6.45, 7) is -0.404. The van der Waals surface area contributed by atoms with Gasteiger partial charge in [-0.3, -0.25) is 14.4 Å². The molecule has 0 fully saturated rings. The summed E-state index contributed by atoms with van der Waals surface area (Å²) in [5.41, 5.74) is 1.08. The first kappa shape index (κ1) is 21.2. The van der Waals surface area contributed by atoms with Gasteiger partial charge in [-0.25, -0.2) is 0 Å². The van der Waals surface area contributed by atoms with Crippen molar-refractivity contribution < 1.29 is 23.9 Å². The van der Waals surface area contributed by atoms with E-state index in [1.165, 1.54) is 7.11 Å². The molecule has 0 aliphatic carbocycles. The van der Waals surface area contributed by atoms with Crippen LogP contribution in [-0.4, -0.2) is 31.5 Å². The molecule has 0 unspecified atom stereocenters. The van der Waals surface area contributed by atoms with Gasteiger partial charge in [0.1, 0.15) is 5.75 Å². The number of esters is 1. The summed E-state index contributed by atoms with van der Waals surface area (Å²) in [4.78, 5) is 35.5. The van der Waals surface area contributed by atoms with E-state index in [2.05, 4.69) is 10.6 Å². The molecule has 2 N–H and O–H groups in total. The maximum Gasteiger partial charge on any atom is 0.306 e. The first-order valence-corrected chi connectivity index (χ1v) is 8.99. The topological polar surface area (TPSA) is 93.7 Å². The van der Waals surface area contributed by atoms with Crippen LogP contribution >= 0.6 is 11.6 Å². The molecule has 0 aliphatic heterocycles. The molecule has 0 saturated heterocycles. The summed E-state index contributed by atoms with van der Waals surface area (Å²) in [6, 6.07) is 13.7. The zero-order chi connectivity index (χ0) is 20.4. The van der Waals surface area contributed by atoms with E-state index >= 15 is 0 Å². The normalized spacial score (nSPS) is 10.1. The zero-order valence-electron chi connectivity index (χ0n) is 15.4. The minimum absolute atomic E-state index is 0.0315. The molecule has 0 radical (unpaired) electrons. The quantitative estimate of drug-likeness (QED) is 0.622. The lowest BCUT2D eigenvalue weighted by molar-refractivity contribution is -0.147. The number of hydrogen-bond donors (Lipinski definition) is 2. The van der Waals surface area contributed by atoms with Crippen molar-refractivity contribution >= 4 is 40.8 Å². The Hall–Kier alpha value is -3.06. The molecule has 0 saturated carbocycles. The highest BCUT2D eigenvalue weighted by molar-refractivity contribution is 6.30. The summed E-state index contributed by atoms with van der Waals surface area (Å²) >= 11 is 5.83. The van der Waals surface area contributed by atoms with Crippen LogP contribution in [-0.2, 0) is 19.1 Å². The average molecular weight is 405 g/mol. The second kappa shape index (κ2) is 10.9. The van der Waals surface area contributed by atoms with E-state index in [0.717, 1.165) is 0 Å². The first-order valence-electron chi connectivity index (χ1n) is 8.62. The Labute approximate surface area is 168 Å². The van der Waals surface area contributed by atoms with Crippen LogP contribution in [0.1, 0.15) is 19.3 Å². The van der Waals surface area contributed by atoms with Crippen molar-refractivity contribution in [2.45, 2.75) is 19.3 Å². The van der Waals surface area contributed by atoms with Crippen LogP contribution in [0.2, 0.25) is 5.02 Å². The fourth-order valence-electron chi connectivity index (χ4n) is 2.34. The summed E-state index contributed by atoms with van der Waals surface area (Å²) in [5, 5.41) is 5.79. The second-order valence-corrected chi connectivity index (χ2v) is 6.26. The molecule has 28 heavy (non-hydrogen) atoms. The Morgan fingerprint density at radius 3 is 2.50 bits per heavy atom. The van der Waals surface area contributed by atoms with Crippen molar-refractivity contribution in [1.82, 2.24) is 0 Å². The van der Waals surface area contributed by atoms with Gasteiger partial charge in [0.05, 0.1) is 12.8 Å². The molecule has 0 heterocycles. The van der Waals surface area contributed by atoms with Gasteiger partial charge < -0.3 is 20.1 Å². The maximum atomic E-state index is 12.0. The number of halogens is 1. The van der Waals surface area contributed by atoms with E-state index < -0.39 is 18.5 Å². The molecule has 7 nitrogen and oxygen atoms in total. The van der Waals surface area contributed by atoms with Crippen molar-refractivity contribution in [3.63, 3.8) is 0 Å². The second-order valence-electron chi connectivity index (χ2n) is 5.82. The van der Waals surface area contributed by atoms with E-state index in [0.29, 0.717) is 28.6 Å². The smallest absolute Gasteiger partial charge is 0.306 e. The number of amides is 2. The van der Waals surface area contributed by atoms with Crippen LogP contribution in [0, 0.1) is 0 Å². The van der Waals surface area contributed by atoms with Gasteiger partial charge in [-0.1, -0.05) is 29.8 Å². The largest absolute Gasteiger partial charge is 0.495 e. The van der Waals surface area contributed by atoms with Gasteiger partial charge in [0.25, 0.3) is 5.91 Å². The van der Waals surface area contributed by atoms with Crippen molar-refractivity contribution in [3.05, 3.63) is 53.6 Å². The summed E-state index contributed by atoms with van der Waals surface area (Å²) < 4.78 is 10.1. The van der Waals surface area contributed by atoms with Gasteiger partial charge >= 0.3 is 5.97 Å². The molecule has 0 aliphatic rings. The monoisotopic (exact) mass is 404 g/mol. The number of rotatable bonds is 9. The molecule has 0 aromatic heterocycles. The molecule has 2 aromatic rings. The molecule has 2 rings (SSSR count). The zero-order valence-corrected chi connectivity index (χ0v) is 16.1. The number of hydrogen-bond acceptors (Lipinski definition) is 5. The predicted molar refractivity (Wildman–Crippen MR) is 107 cm³/mol. The number of anilines is 2. The highest BCUT2D eigenvalue weighted by atomic mass is 35.5. The number of nitrogens with one attached hydrogen (secondary N) is 2. The fraction of sp³-hybridized carbons (Fsp3) is 0.250. The number of methoxy groups -OCH3 is 1. The molecule has 0 atom stereocenters. The maximum absolute atomic E-state index is 12.0. The van der Waals surface area contributed by atoms with Gasteiger partial charge in [-0.05, 0) is 36.8 Å². The highest BCUT2D eigenvalue weighted by Crippen LogP contribution is 2.23. The van der Waals surface area contributed by atoms with Gasteiger partial charge in [-0.15, -0.1) is 0 Å². The number of carbonyl (C=O) groups excluding carboxylic acids is 3. The van der Waals surface area contributed by atoms with Crippen LogP contribution < -0.4 is 15.4 Å². The molecular formula is C20H21ClN2O5. The van der Waals surface area contributed by atoms with Crippen LogP contribution in [0.5, 0.6) is 5.75 Å². The van der Waals surface area contributed by atoms with Crippen LogP contribution in [0.15, 0.2) is 48.5 Å². The Balaban J connectivity index is 1.65. The third-order valence-corrected chi connectivity index (χ3v) is 3.87. The van der Waals surface area contributed by atoms with Crippen molar-refractivity contribution in [3.8, 4) is 5.75 Å². The number of benzene rings is 2. The van der Waals surface area contributed by atoms with Gasteiger partial charge in [0, 0.05) is 23.6 Å². The van der Waals surface area contributed by atoms with Crippen LogP contribution in [0.3, 0.4) is 0 Å². The van der Waals surface area contributed by atoms with Gasteiger partial charge in [0.15, 0.2) is 6.61 Å². The molecule has 0 spiro atoms. The van der Waals surface area contributed by atoms with Crippen LogP contribution in [0.25, 0.3) is 0 Å². The lowest BCUT2D eigenvalue weighted by Crippen LogP contribution is -2.21. The lowest BCUT2D eigenvalue weighted by Gasteiger charge is -2.09. The molecule has 8 heteroatoms. The molecular weight excluding hydrogens is 384 g/mol. The van der Waals surface area contributed by atoms with Crippen molar-refractivity contribution in [2.75, 3.05) is 24.4 Å². The molecule has 0 bridgehead atoms. The first-order chi connectivity index (χ1) is 13.5. The number of ether oxygens (including phenoxy) is 2. The van der Waals surface area contributed by atoms with E-state index in [1.807, 2.05) is 0 Å². The van der Waals surface area contributed by atoms with Crippen molar-refractivity contribution in [1.29, 1.82) is 0 Å². The number of para-hydroxylation sites is 2. The van der Waals surface area contributed by atoms with E-state index in [9.17, 15) is 14.4 Å². The standard InChI is InChI=1S/C20H21ClN2O5/c1-27-17-9-3-2-8-16(17)23-18(24)10-5-11-20(26)28-13-19(25)22-15-7-4-6-14(21)12-15/h2-4,6-9,12H,5,10-11,13H2,1H3,(H,22,25)(H,23,24). The summed E-state index contributed by atoms with van der Waals surface area (Å²) in [6.07, 6.45) is 0.474. The summed E-state index contributed by atoms with van der Waals surface area (Å²) in [7, 11) is 1.52. The number of carbonyl (C=O) groups is 3. The molecule has 148 valence electrons. The van der Waals surface area contributed by atoms with E-state index in [4.69, 9.17) is 21.1 Å². The van der Waals surface area contributed by atoms with Gasteiger partial charge in [-0.2, -0.15) is 0 Å². The van der Waals surface area contributed by atoms with E-state index in [1.54, 1.807) is 48.5 Å². The fourth-order valence-corrected chi connectivity index (χ4v) is 2.53. The van der Waals surface area contributed by atoms with Crippen molar-refractivity contribution in [2.24, 2.45) is 0 Å². The Morgan fingerprint density at radius 2 is 1.75 bits per heavy atom. The average Bonchev–Trinajstić information content (AvgIpc) is 2.67. The minimum atomic E-state index is -0.550. The van der Waals surface area contributed by atoms with E-state index in [-0.39, 0.29) is 18.7 Å². The SMILES string of the molecule is COc1ccccc1NC(=O)CCCC(=O)OCC(=O)Nc1cccc(Cl)c1. The van der Waals surface area contributed by atoms with Crippen LogP contribution in [0.4, 0.5) is 11.4 Å². The highest BCUT2D eigenvalue weighted by Gasteiger charge is 2.11. The minimum Gasteiger partial charge on any atom is -0.495 e. The third kappa shape index (κ3) is 7.28. The lowest BCUT2D eigenvalue weighted by atomic mass is 10.2. The molecule has 2 amide bonds. The molecule has 2 aromatic carbocycles.